The first kappa shape index (κ1) is 17.0. The fourth-order valence-corrected chi connectivity index (χ4v) is 2.30. The molecule has 0 saturated heterocycles. The summed E-state index contributed by atoms with van der Waals surface area (Å²) in [5, 5.41) is 6.12. The Bertz CT molecular complexity index is 701. The standard InChI is InChI=1S/C17H18ClN3O2/c1-11-7-8-19-16(9-11)21-17(23)10-15(20-12(2)22)13-3-5-14(18)6-4-13/h3-9,15H,10H2,1-2H3,(H,20,22)(H,19,21,23). The van der Waals surface area contributed by atoms with Crippen LogP contribution in [0.15, 0.2) is 42.6 Å². The molecule has 0 bridgehead atoms. The Hall–Kier alpha value is -2.40. The highest BCUT2D eigenvalue weighted by molar-refractivity contribution is 6.30. The molecule has 2 amide bonds. The minimum Gasteiger partial charge on any atom is -0.349 e. The van der Waals surface area contributed by atoms with Crippen molar-refractivity contribution in [2.75, 3.05) is 5.32 Å². The summed E-state index contributed by atoms with van der Waals surface area (Å²) < 4.78 is 0. The number of hydrogen-bond acceptors (Lipinski definition) is 3. The summed E-state index contributed by atoms with van der Waals surface area (Å²) in [6.45, 7) is 3.34. The van der Waals surface area contributed by atoms with Crippen LogP contribution < -0.4 is 10.6 Å². The van der Waals surface area contributed by atoms with Crippen LogP contribution in [0.3, 0.4) is 0 Å². The molecule has 1 aromatic heterocycles. The molecule has 0 radical (unpaired) electrons. The number of carbonyl (C=O) groups excluding carboxylic acids is 2. The van der Waals surface area contributed by atoms with Gasteiger partial charge in [0.15, 0.2) is 0 Å². The van der Waals surface area contributed by atoms with E-state index in [1.807, 2.05) is 13.0 Å². The molecule has 0 aliphatic rings. The van der Waals surface area contributed by atoms with Gasteiger partial charge in [0, 0.05) is 18.1 Å². The molecule has 23 heavy (non-hydrogen) atoms. The van der Waals surface area contributed by atoms with Gasteiger partial charge in [-0.1, -0.05) is 23.7 Å². The van der Waals surface area contributed by atoms with Gasteiger partial charge in [0.25, 0.3) is 0 Å². The van der Waals surface area contributed by atoms with Crippen molar-refractivity contribution >= 4 is 29.2 Å². The molecule has 5 nitrogen and oxygen atoms in total. The number of benzene rings is 1. The highest BCUT2D eigenvalue weighted by Gasteiger charge is 2.17. The number of amides is 2. The smallest absolute Gasteiger partial charge is 0.227 e. The predicted molar refractivity (Wildman–Crippen MR) is 90.2 cm³/mol. The van der Waals surface area contributed by atoms with E-state index in [9.17, 15) is 9.59 Å². The minimum atomic E-state index is -0.422. The normalized spacial score (nSPS) is 11.6. The highest BCUT2D eigenvalue weighted by atomic mass is 35.5. The Labute approximate surface area is 140 Å². The Morgan fingerprint density at radius 3 is 2.52 bits per heavy atom. The average Bonchev–Trinajstić information content (AvgIpc) is 2.46. The molecule has 0 aliphatic heterocycles. The van der Waals surface area contributed by atoms with Gasteiger partial charge in [-0.2, -0.15) is 0 Å². The number of nitrogens with zero attached hydrogens (tertiary/aromatic N) is 1. The number of hydrogen-bond donors (Lipinski definition) is 2. The lowest BCUT2D eigenvalue weighted by molar-refractivity contribution is -0.120. The largest absolute Gasteiger partial charge is 0.349 e. The van der Waals surface area contributed by atoms with Crippen molar-refractivity contribution < 1.29 is 9.59 Å². The molecular formula is C17H18ClN3O2. The molecule has 0 spiro atoms. The second-order valence-electron chi connectivity index (χ2n) is 5.28. The molecule has 0 aliphatic carbocycles. The summed E-state index contributed by atoms with van der Waals surface area (Å²) in [6.07, 6.45) is 1.74. The summed E-state index contributed by atoms with van der Waals surface area (Å²) in [5.41, 5.74) is 1.82. The van der Waals surface area contributed by atoms with Gasteiger partial charge in [0.2, 0.25) is 11.8 Å². The van der Waals surface area contributed by atoms with Gasteiger partial charge < -0.3 is 10.6 Å². The minimum absolute atomic E-state index is 0.108. The van der Waals surface area contributed by atoms with Crippen molar-refractivity contribution in [3.63, 3.8) is 0 Å². The quantitative estimate of drug-likeness (QED) is 0.883. The van der Waals surface area contributed by atoms with E-state index < -0.39 is 6.04 Å². The summed E-state index contributed by atoms with van der Waals surface area (Å²) in [5.74, 6) is 0.0657. The zero-order valence-corrected chi connectivity index (χ0v) is 13.7. The van der Waals surface area contributed by atoms with Crippen molar-refractivity contribution in [1.29, 1.82) is 0 Å². The van der Waals surface area contributed by atoms with E-state index in [0.717, 1.165) is 11.1 Å². The summed E-state index contributed by atoms with van der Waals surface area (Å²) in [4.78, 5) is 27.7. The Balaban J connectivity index is 2.09. The number of pyridine rings is 1. The maximum atomic E-state index is 12.2. The molecule has 0 saturated carbocycles. The fourth-order valence-electron chi connectivity index (χ4n) is 2.18. The van der Waals surface area contributed by atoms with E-state index in [4.69, 9.17) is 11.6 Å². The van der Waals surface area contributed by atoms with Crippen LogP contribution in [0, 0.1) is 6.92 Å². The third-order valence-electron chi connectivity index (χ3n) is 3.22. The molecule has 120 valence electrons. The number of anilines is 1. The first-order valence-corrected chi connectivity index (χ1v) is 7.57. The molecule has 6 heteroatoms. The first-order valence-electron chi connectivity index (χ1n) is 7.19. The third kappa shape index (κ3) is 5.38. The molecule has 2 N–H and O–H groups in total. The van der Waals surface area contributed by atoms with Crippen LogP contribution in [-0.4, -0.2) is 16.8 Å². The molecule has 1 aromatic carbocycles. The summed E-state index contributed by atoms with van der Waals surface area (Å²) in [7, 11) is 0. The molecule has 2 rings (SSSR count). The highest BCUT2D eigenvalue weighted by Crippen LogP contribution is 2.20. The van der Waals surface area contributed by atoms with Crippen LogP contribution in [0.25, 0.3) is 0 Å². The van der Waals surface area contributed by atoms with Crippen molar-refractivity contribution in [1.82, 2.24) is 10.3 Å². The fraction of sp³-hybridized carbons (Fsp3) is 0.235. The van der Waals surface area contributed by atoms with Crippen LogP contribution in [0.4, 0.5) is 5.82 Å². The van der Waals surface area contributed by atoms with Crippen molar-refractivity contribution in [2.24, 2.45) is 0 Å². The average molecular weight is 332 g/mol. The van der Waals surface area contributed by atoms with Crippen molar-refractivity contribution in [3.05, 3.63) is 58.7 Å². The van der Waals surface area contributed by atoms with E-state index >= 15 is 0 Å². The molecule has 2 aromatic rings. The second kappa shape index (κ2) is 7.74. The Kier molecular flexibility index (Phi) is 5.71. The van der Waals surface area contributed by atoms with E-state index in [1.165, 1.54) is 6.92 Å². The molecule has 1 unspecified atom stereocenters. The summed E-state index contributed by atoms with van der Waals surface area (Å²) in [6, 6.07) is 10.3. The van der Waals surface area contributed by atoms with E-state index in [1.54, 1.807) is 36.5 Å². The van der Waals surface area contributed by atoms with Gasteiger partial charge in [-0.25, -0.2) is 4.98 Å². The van der Waals surface area contributed by atoms with E-state index in [0.29, 0.717) is 10.8 Å². The number of carbonyl (C=O) groups is 2. The Morgan fingerprint density at radius 1 is 1.22 bits per heavy atom. The van der Waals surface area contributed by atoms with Gasteiger partial charge in [0.1, 0.15) is 5.82 Å². The number of aryl methyl sites for hydroxylation is 1. The lowest BCUT2D eigenvalue weighted by atomic mass is 10.0. The van der Waals surface area contributed by atoms with Crippen LogP contribution in [0.1, 0.15) is 30.5 Å². The van der Waals surface area contributed by atoms with Gasteiger partial charge >= 0.3 is 0 Å². The van der Waals surface area contributed by atoms with Gasteiger partial charge in [-0.05, 0) is 42.3 Å². The first-order chi connectivity index (χ1) is 10.9. The zero-order chi connectivity index (χ0) is 16.8. The van der Waals surface area contributed by atoms with Crippen LogP contribution in [-0.2, 0) is 9.59 Å². The predicted octanol–water partition coefficient (Wildman–Crippen LogP) is 3.25. The van der Waals surface area contributed by atoms with Gasteiger partial charge in [-0.3, -0.25) is 9.59 Å². The number of halogens is 1. The maximum Gasteiger partial charge on any atom is 0.227 e. The van der Waals surface area contributed by atoms with Gasteiger partial charge in [0.05, 0.1) is 12.5 Å². The van der Waals surface area contributed by atoms with E-state index in [2.05, 4.69) is 15.6 Å². The SMILES string of the molecule is CC(=O)NC(CC(=O)Nc1cc(C)ccn1)c1ccc(Cl)cc1. The van der Waals surface area contributed by atoms with Crippen LogP contribution in [0.2, 0.25) is 5.02 Å². The topological polar surface area (TPSA) is 71.1 Å². The number of rotatable bonds is 5. The van der Waals surface area contributed by atoms with Crippen molar-refractivity contribution in [2.45, 2.75) is 26.3 Å². The number of nitrogens with one attached hydrogen (secondary N) is 2. The number of aromatic nitrogens is 1. The van der Waals surface area contributed by atoms with Crippen molar-refractivity contribution in [3.8, 4) is 0 Å². The Morgan fingerprint density at radius 2 is 1.91 bits per heavy atom. The van der Waals surface area contributed by atoms with Crippen LogP contribution >= 0.6 is 11.6 Å². The molecule has 1 heterocycles. The van der Waals surface area contributed by atoms with Gasteiger partial charge in [-0.15, -0.1) is 0 Å². The summed E-state index contributed by atoms with van der Waals surface area (Å²) >= 11 is 5.88. The monoisotopic (exact) mass is 331 g/mol. The van der Waals surface area contributed by atoms with E-state index in [-0.39, 0.29) is 18.2 Å². The lowest BCUT2D eigenvalue weighted by Crippen LogP contribution is -2.29. The lowest BCUT2D eigenvalue weighted by Gasteiger charge is -2.18. The zero-order valence-electron chi connectivity index (χ0n) is 13.0. The molecule has 0 fully saturated rings. The maximum absolute atomic E-state index is 12.2. The second-order valence-corrected chi connectivity index (χ2v) is 5.71. The molecule has 1 atom stereocenters. The molecular weight excluding hydrogens is 314 g/mol. The third-order valence-corrected chi connectivity index (χ3v) is 3.47. The van der Waals surface area contributed by atoms with Crippen LogP contribution in [0.5, 0.6) is 0 Å².